The average Bonchev–Trinajstić information content (AvgIpc) is 3.05. The molecule has 4 rings (SSSR count). The molecule has 2 heterocycles. The fourth-order valence-electron chi connectivity index (χ4n) is 4.68. The van der Waals surface area contributed by atoms with Gasteiger partial charge in [-0.3, -0.25) is 0 Å². The molecule has 1 aromatic carbocycles. The fraction of sp³-hybridized carbons (Fsp3) is 0.591. The molecular formula is C22H32N4. The summed E-state index contributed by atoms with van der Waals surface area (Å²) in [5.74, 6) is 0. The van der Waals surface area contributed by atoms with Gasteiger partial charge in [-0.05, 0) is 62.9 Å². The Balaban J connectivity index is 1.57. The van der Waals surface area contributed by atoms with E-state index in [0.717, 1.165) is 6.42 Å². The summed E-state index contributed by atoms with van der Waals surface area (Å²) in [6, 6.07) is 11.6. The summed E-state index contributed by atoms with van der Waals surface area (Å²) < 4.78 is 2.16. The zero-order valence-corrected chi connectivity index (χ0v) is 16.4. The lowest BCUT2D eigenvalue weighted by molar-refractivity contribution is 0.179. The van der Waals surface area contributed by atoms with Crippen molar-refractivity contribution in [2.24, 2.45) is 5.41 Å². The molecule has 4 heteroatoms. The molecule has 0 bridgehead atoms. The minimum atomic E-state index is 0.293. The summed E-state index contributed by atoms with van der Waals surface area (Å²) in [5.41, 5.74) is 4.25. The van der Waals surface area contributed by atoms with Crippen molar-refractivity contribution >= 4 is 0 Å². The molecule has 0 spiro atoms. The molecule has 2 aliphatic rings. The second-order valence-electron chi connectivity index (χ2n) is 8.77. The standard InChI is InChI=1S/C22H32N4/c1-4-25-12-10-17(11-13-25)24-20-14-22(2,3)15-21-19(20)16-23-26(21)18-8-6-5-7-9-18/h5-9,16-17,20,24H,4,10-15H2,1-3H3. The molecule has 2 aromatic rings. The summed E-state index contributed by atoms with van der Waals surface area (Å²) >= 11 is 0. The highest BCUT2D eigenvalue weighted by Crippen LogP contribution is 2.41. The Morgan fingerprint density at radius 1 is 1.15 bits per heavy atom. The van der Waals surface area contributed by atoms with E-state index in [4.69, 9.17) is 5.10 Å². The Kier molecular flexibility index (Phi) is 4.89. The molecular weight excluding hydrogens is 320 g/mol. The average molecular weight is 353 g/mol. The molecule has 0 amide bonds. The third kappa shape index (κ3) is 3.58. The molecule has 0 saturated carbocycles. The lowest BCUT2D eigenvalue weighted by atomic mass is 9.74. The topological polar surface area (TPSA) is 33.1 Å². The number of nitrogens with zero attached hydrogens (tertiary/aromatic N) is 3. The quantitative estimate of drug-likeness (QED) is 0.904. The molecule has 1 aliphatic heterocycles. The Labute approximate surface area is 157 Å². The summed E-state index contributed by atoms with van der Waals surface area (Å²) in [6.45, 7) is 10.7. The van der Waals surface area contributed by atoms with Gasteiger partial charge in [0.15, 0.2) is 0 Å². The summed E-state index contributed by atoms with van der Waals surface area (Å²) in [4.78, 5) is 2.56. The van der Waals surface area contributed by atoms with Crippen molar-refractivity contribution in [3.05, 3.63) is 47.8 Å². The first-order valence-electron chi connectivity index (χ1n) is 10.2. The number of benzene rings is 1. The molecule has 1 atom stereocenters. The largest absolute Gasteiger partial charge is 0.307 e. The highest BCUT2D eigenvalue weighted by atomic mass is 15.3. The van der Waals surface area contributed by atoms with Crippen LogP contribution in [0.4, 0.5) is 0 Å². The van der Waals surface area contributed by atoms with Crippen molar-refractivity contribution in [3.63, 3.8) is 0 Å². The van der Waals surface area contributed by atoms with Crippen LogP contribution in [0, 0.1) is 5.41 Å². The van der Waals surface area contributed by atoms with Crippen molar-refractivity contribution in [1.29, 1.82) is 0 Å². The second-order valence-corrected chi connectivity index (χ2v) is 8.77. The third-order valence-electron chi connectivity index (χ3n) is 6.15. The van der Waals surface area contributed by atoms with E-state index in [1.54, 1.807) is 0 Å². The zero-order chi connectivity index (χ0) is 18.1. The number of likely N-dealkylation sites (tertiary alicyclic amines) is 1. The predicted molar refractivity (Wildman–Crippen MR) is 107 cm³/mol. The van der Waals surface area contributed by atoms with Gasteiger partial charge in [0.05, 0.1) is 11.9 Å². The molecule has 1 N–H and O–H groups in total. The number of nitrogens with one attached hydrogen (secondary N) is 1. The predicted octanol–water partition coefficient (Wildman–Crippen LogP) is 3.96. The van der Waals surface area contributed by atoms with Crippen LogP contribution < -0.4 is 5.32 Å². The Morgan fingerprint density at radius 2 is 1.88 bits per heavy atom. The van der Waals surface area contributed by atoms with Crippen LogP contribution in [0.25, 0.3) is 5.69 Å². The van der Waals surface area contributed by atoms with Gasteiger partial charge in [0, 0.05) is 23.3 Å². The first-order chi connectivity index (χ1) is 12.6. The van der Waals surface area contributed by atoms with Gasteiger partial charge in [-0.1, -0.05) is 39.0 Å². The molecule has 26 heavy (non-hydrogen) atoms. The van der Waals surface area contributed by atoms with E-state index >= 15 is 0 Å². The minimum absolute atomic E-state index is 0.293. The summed E-state index contributed by atoms with van der Waals surface area (Å²) in [5, 5.41) is 8.77. The number of aromatic nitrogens is 2. The number of fused-ring (bicyclic) bond motifs is 1. The molecule has 0 radical (unpaired) electrons. The van der Waals surface area contributed by atoms with Gasteiger partial charge >= 0.3 is 0 Å². The van der Waals surface area contributed by atoms with E-state index in [9.17, 15) is 0 Å². The van der Waals surface area contributed by atoms with E-state index < -0.39 is 0 Å². The van der Waals surface area contributed by atoms with E-state index in [2.05, 4.69) is 72.2 Å². The van der Waals surface area contributed by atoms with Crippen LogP contribution in [-0.4, -0.2) is 40.4 Å². The molecule has 1 unspecified atom stereocenters. The molecule has 1 aromatic heterocycles. The minimum Gasteiger partial charge on any atom is -0.307 e. The van der Waals surface area contributed by atoms with Crippen LogP contribution in [0.2, 0.25) is 0 Å². The van der Waals surface area contributed by atoms with Gasteiger partial charge < -0.3 is 10.2 Å². The summed E-state index contributed by atoms with van der Waals surface area (Å²) in [6.07, 6.45) is 6.90. The van der Waals surface area contributed by atoms with E-state index in [0.29, 0.717) is 17.5 Å². The maximum atomic E-state index is 4.77. The highest BCUT2D eigenvalue weighted by molar-refractivity contribution is 5.37. The van der Waals surface area contributed by atoms with Gasteiger partial charge in [0.2, 0.25) is 0 Å². The van der Waals surface area contributed by atoms with Crippen LogP contribution in [0.1, 0.15) is 57.3 Å². The number of hydrogen-bond donors (Lipinski definition) is 1. The molecule has 1 aliphatic carbocycles. The molecule has 4 nitrogen and oxygen atoms in total. The summed E-state index contributed by atoms with van der Waals surface area (Å²) in [7, 11) is 0. The fourth-order valence-corrected chi connectivity index (χ4v) is 4.68. The van der Waals surface area contributed by atoms with Gasteiger partial charge in [-0.25, -0.2) is 4.68 Å². The maximum absolute atomic E-state index is 4.77. The molecule has 140 valence electrons. The van der Waals surface area contributed by atoms with Crippen molar-refractivity contribution in [2.75, 3.05) is 19.6 Å². The van der Waals surface area contributed by atoms with Crippen molar-refractivity contribution in [1.82, 2.24) is 20.0 Å². The van der Waals surface area contributed by atoms with E-state index in [1.165, 1.54) is 55.8 Å². The third-order valence-corrected chi connectivity index (χ3v) is 6.15. The number of para-hydroxylation sites is 1. The Bertz CT molecular complexity index is 726. The smallest absolute Gasteiger partial charge is 0.0648 e. The van der Waals surface area contributed by atoms with Gasteiger partial charge in [0.25, 0.3) is 0 Å². The van der Waals surface area contributed by atoms with Crippen LogP contribution in [0.5, 0.6) is 0 Å². The molecule has 1 fully saturated rings. The molecule has 1 saturated heterocycles. The van der Waals surface area contributed by atoms with E-state index in [1.807, 2.05) is 0 Å². The van der Waals surface area contributed by atoms with Crippen LogP contribution in [0.3, 0.4) is 0 Å². The highest BCUT2D eigenvalue weighted by Gasteiger charge is 2.36. The van der Waals surface area contributed by atoms with Gasteiger partial charge in [0.1, 0.15) is 0 Å². The zero-order valence-electron chi connectivity index (χ0n) is 16.4. The van der Waals surface area contributed by atoms with Gasteiger partial charge in [-0.2, -0.15) is 5.10 Å². The second kappa shape index (κ2) is 7.16. The number of hydrogen-bond acceptors (Lipinski definition) is 3. The Morgan fingerprint density at radius 3 is 2.58 bits per heavy atom. The van der Waals surface area contributed by atoms with Crippen molar-refractivity contribution in [2.45, 2.75) is 58.5 Å². The monoisotopic (exact) mass is 352 g/mol. The lowest BCUT2D eigenvalue weighted by Gasteiger charge is -2.39. The van der Waals surface area contributed by atoms with Crippen LogP contribution in [-0.2, 0) is 6.42 Å². The first-order valence-corrected chi connectivity index (χ1v) is 10.2. The SMILES string of the molecule is CCN1CCC(NC2CC(C)(C)Cc3c2cnn3-c2ccccc2)CC1. The Hall–Kier alpha value is -1.65. The first kappa shape index (κ1) is 17.7. The van der Waals surface area contributed by atoms with Crippen LogP contribution in [0.15, 0.2) is 36.5 Å². The van der Waals surface area contributed by atoms with Crippen molar-refractivity contribution in [3.8, 4) is 5.69 Å². The number of piperidine rings is 1. The van der Waals surface area contributed by atoms with Crippen LogP contribution >= 0.6 is 0 Å². The normalized spacial score (nSPS) is 23.7. The maximum Gasteiger partial charge on any atom is 0.0648 e. The van der Waals surface area contributed by atoms with E-state index in [-0.39, 0.29) is 0 Å². The number of rotatable bonds is 4. The van der Waals surface area contributed by atoms with Gasteiger partial charge in [-0.15, -0.1) is 0 Å². The lowest BCUT2D eigenvalue weighted by Crippen LogP contribution is -2.45. The van der Waals surface area contributed by atoms with Crippen molar-refractivity contribution < 1.29 is 0 Å².